The Hall–Kier alpha value is -2.20. The van der Waals surface area contributed by atoms with E-state index in [0.29, 0.717) is 43.5 Å². The summed E-state index contributed by atoms with van der Waals surface area (Å²) in [5.41, 5.74) is 6.91. The minimum atomic E-state index is 0.0647. The van der Waals surface area contributed by atoms with Gasteiger partial charge in [-0.2, -0.15) is 0 Å². The van der Waals surface area contributed by atoms with Crippen LogP contribution >= 0.6 is 0 Å². The molecule has 1 fully saturated rings. The zero-order valence-corrected chi connectivity index (χ0v) is 15.5. The van der Waals surface area contributed by atoms with Crippen LogP contribution in [0.25, 0.3) is 5.57 Å². The first-order chi connectivity index (χ1) is 11.9. The van der Waals surface area contributed by atoms with Gasteiger partial charge in [-0.05, 0) is 59.8 Å². The number of amides is 1. The van der Waals surface area contributed by atoms with Crippen LogP contribution in [-0.4, -0.2) is 42.8 Å². The third-order valence-electron chi connectivity index (χ3n) is 5.09. The van der Waals surface area contributed by atoms with Crippen molar-refractivity contribution in [2.24, 2.45) is 5.92 Å². The molecule has 0 radical (unpaired) electrons. The summed E-state index contributed by atoms with van der Waals surface area (Å²) in [7, 11) is 0. The fraction of sp³-hybridized carbons (Fsp3) is 0.429. The van der Waals surface area contributed by atoms with Crippen molar-refractivity contribution in [2.75, 3.05) is 26.3 Å². The smallest absolute Gasteiger partial charge is 0.254 e. The quantitative estimate of drug-likeness (QED) is 0.907. The first-order valence-electron chi connectivity index (χ1n) is 8.90. The van der Waals surface area contributed by atoms with Gasteiger partial charge in [-0.3, -0.25) is 4.79 Å². The van der Waals surface area contributed by atoms with E-state index in [1.165, 1.54) is 5.57 Å². The number of nitrogens with one attached hydrogen (secondary N) is 1. The molecule has 0 spiro atoms. The van der Waals surface area contributed by atoms with Crippen LogP contribution in [0.5, 0.6) is 0 Å². The van der Waals surface area contributed by atoms with Gasteiger partial charge in [0, 0.05) is 18.7 Å². The number of carbonyl (C=O) groups excluding carboxylic acids is 1. The average molecular weight is 338 g/mol. The van der Waals surface area contributed by atoms with E-state index in [9.17, 15) is 4.79 Å². The number of benzene rings is 1. The van der Waals surface area contributed by atoms with Crippen LogP contribution in [0.3, 0.4) is 0 Å². The van der Waals surface area contributed by atoms with Gasteiger partial charge in [0.1, 0.15) is 0 Å². The Labute approximate surface area is 149 Å². The second-order valence-electron chi connectivity index (χ2n) is 7.05. The highest BCUT2D eigenvalue weighted by Crippen LogP contribution is 2.39. The zero-order chi connectivity index (χ0) is 18.1. The predicted octanol–water partition coefficient (Wildman–Crippen LogP) is 3.94. The molecule has 2 aliphatic rings. The lowest BCUT2D eigenvalue weighted by atomic mass is 9.94. The summed E-state index contributed by atoms with van der Waals surface area (Å²) in [6.45, 7) is 10.9. The summed E-state index contributed by atoms with van der Waals surface area (Å²) in [5.74, 6) is 0.400. The number of carbonyl (C=O) groups is 1. The van der Waals surface area contributed by atoms with Crippen LogP contribution in [0.4, 0.5) is 0 Å². The van der Waals surface area contributed by atoms with Crippen LogP contribution in [0.15, 0.2) is 41.0 Å². The molecule has 0 unspecified atom stereocenters. The molecule has 1 saturated heterocycles. The summed E-state index contributed by atoms with van der Waals surface area (Å²) in [4.78, 5) is 14.4. The SMILES string of the molecule is CC1=C(c2ccc(C(=O)N3CCOCC3)cc2)C(C)=C(C(C)C)C1=N. The maximum atomic E-state index is 12.6. The highest BCUT2D eigenvalue weighted by Gasteiger charge is 2.27. The van der Waals surface area contributed by atoms with E-state index < -0.39 is 0 Å². The molecule has 1 heterocycles. The number of rotatable bonds is 3. The predicted molar refractivity (Wildman–Crippen MR) is 101 cm³/mol. The van der Waals surface area contributed by atoms with E-state index in [1.807, 2.05) is 36.1 Å². The highest BCUT2D eigenvalue weighted by atomic mass is 16.5. The van der Waals surface area contributed by atoms with Crippen LogP contribution in [0.2, 0.25) is 0 Å². The zero-order valence-electron chi connectivity index (χ0n) is 15.5. The Kier molecular flexibility index (Phi) is 4.91. The van der Waals surface area contributed by atoms with Crippen LogP contribution < -0.4 is 0 Å². The summed E-state index contributed by atoms with van der Waals surface area (Å²) in [6.07, 6.45) is 0. The molecule has 132 valence electrons. The minimum absolute atomic E-state index is 0.0647. The van der Waals surface area contributed by atoms with Gasteiger partial charge >= 0.3 is 0 Å². The van der Waals surface area contributed by atoms with Crippen molar-refractivity contribution in [1.29, 1.82) is 5.41 Å². The fourth-order valence-electron chi connectivity index (χ4n) is 3.81. The van der Waals surface area contributed by atoms with Crippen molar-refractivity contribution in [3.63, 3.8) is 0 Å². The monoisotopic (exact) mass is 338 g/mol. The first kappa shape index (κ1) is 17.6. The third kappa shape index (κ3) is 3.19. The van der Waals surface area contributed by atoms with E-state index in [1.54, 1.807) is 0 Å². The van der Waals surface area contributed by atoms with Gasteiger partial charge in [0.25, 0.3) is 5.91 Å². The molecule has 0 bridgehead atoms. The molecule has 1 aromatic rings. The van der Waals surface area contributed by atoms with Crippen molar-refractivity contribution in [1.82, 2.24) is 4.90 Å². The lowest BCUT2D eigenvalue weighted by Gasteiger charge is -2.26. The second kappa shape index (κ2) is 6.96. The largest absolute Gasteiger partial charge is 0.378 e. The molecule has 4 heteroatoms. The lowest BCUT2D eigenvalue weighted by Crippen LogP contribution is -2.40. The molecular formula is C21H26N2O2. The Bertz CT molecular complexity index is 764. The normalized spacial score (nSPS) is 18.6. The molecule has 4 nitrogen and oxygen atoms in total. The summed E-state index contributed by atoms with van der Waals surface area (Å²) in [5, 5.41) is 8.41. The average Bonchev–Trinajstić information content (AvgIpc) is 2.84. The van der Waals surface area contributed by atoms with Gasteiger partial charge in [0.2, 0.25) is 0 Å². The van der Waals surface area contributed by atoms with E-state index in [-0.39, 0.29) is 5.91 Å². The van der Waals surface area contributed by atoms with Gasteiger partial charge in [-0.1, -0.05) is 26.0 Å². The Morgan fingerprint density at radius 3 is 2.20 bits per heavy atom. The molecular weight excluding hydrogens is 312 g/mol. The molecule has 1 aliphatic heterocycles. The lowest BCUT2D eigenvalue weighted by molar-refractivity contribution is 0.0303. The maximum absolute atomic E-state index is 12.6. The van der Waals surface area contributed by atoms with Gasteiger partial charge in [0.15, 0.2) is 0 Å². The summed E-state index contributed by atoms with van der Waals surface area (Å²) < 4.78 is 5.31. The van der Waals surface area contributed by atoms with E-state index in [2.05, 4.69) is 20.8 Å². The number of allylic oxidation sites excluding steroid dienone is 4. The number of hydrogen-bond acceptors (Lipinski definition) is 3. The molecule has 1 N–H and O–H groups in total. The Morgan fingerprint density at radius 2 is 1.68 bits per heavy atom. The standard InChI is InChI=1S/C21H26N2O2/c1-13(2)18-14(3)19(15(4)20(18)22)16-5-7-17(8-6-16)21(24)23-9-11-25-12-10-23/h5-8,13,22H,9-12H2,1-4H3. The fourth-order valence-corrected chi connectivity index (χ4v) is 3.81. The summed E-state index contributed by atoms with van der Waals surface area (Å²) >= 11 is 0. The van der Waals surface area contributed by atoms with Gasteiger partial charge in [0.05, 0.1) is 18.9 Å². The van der Waals surface area contributed by atoms with Crippen molar-refractivity contribution < 1.29 is 9.53 Å². The summed E-state index contributed by atoms with van der Waals surface area (Å²) in [6, 6.07) is 7.81. The molecule has 0 atom stereocenters. The molecule has 0 saturated carbocycles. The van der Waals surface area contributed by atoms with E-state index in [4.69, 9.17) is 10.1 Å². The number of hydrogen-bond donors (Lipinski definition) is 1. The highest BCUT2D eigenvalue weighted by molar-refractivity contribution is 6.22. The minimum Gasteiger partial charge on any atom is -0.378 e. The van der Waals surface area contributed by atoms with E-state index in [0.717, 1.165) is 22.3 Å². The first-order valence-corrected chi connectivity index (χ1v) is 8.90. The molecule has 25 heavy (non-hydrogen) atoms. The molecule has 3 rings (SSSR count). The molecule has 0 aromatic heterocycles. The number of nitrogens with zero attached hydrogens (tertiary/aromatic N) is 1. The maximum Gasteiger partial charge on any atom is 0.254 e. The van der Waals surface area contributed by atoms with Gasteiger partial charge in [-0.15, -0.1) is 0 Å². The number of morpholine rings is 1. The Balaban J connectivity index is 1.87. The molecule has 1 aliphatic carbocycles. The molecule has 1 amide bonds. The Morgan fingerprint density at radius 1 is 1.08 bits per heavy atom. The van der Waals surface area contributed by atoms with Crippen molar-refractivity contribution in [3.8, 4) is 0 Å². The van der Waals surface area contributed by atoms with Crippen LogP contribution in [0.1, 0.15) is 43.6 Å². The number of ether oxygens (including phenoxy) is 1. The van der Waals surface area contributed by atoms with Gasteiger partial charge < -0.3 is 15.0 Å². The van der Waals surface area contributed by atoms with Gasteiger partial charge in [-0.25, -0.2) is 0 Å². The van der Waals surface area contributed by atoms with E-state index >= 15 is 0 Å². The van der Waals surface area contributed by atoms with Crippen molar-refractivity contribution in [2.45, 2.75) is 27.7 Å². The topological polar surface area (TPSA) is 53.4 Å². The second-order valence-corrected chi connectivity index (χ2v) is 7.05. The van der Waals surface area contributed by atoms with Crippen LogP contribution in [-0.2, 0) is 4.74 Å². The molecule has 1 aromatic carbocycles. The third-order valence-corrected chi connectivity index (χ3v) is 5.09. The van der Waals surface area contributed by atoms with Crippen molar-refractivity contribution in [3.05, 3.63) is 52.1 Å². The van der Waals surface area contributed by atoms with Crippen LogP contribution in [0, 0.1) is 11.3 Å². The van der Waals surface area contributed by atoms with Crippen molar-refractivity contribution >= 4 is 17.2 Å².